The lowest BCUT2D eigenvalue weighted by Gasteiger charge is -2.22. The topological polar surface area (TPSA) is 52.6 Å². The van der Waals surface area contributed by atoms with Gasteiger partial charge in [-0.25, -0.2) is 0 Å². The first-order valence-electron chi connectivity index (χ1n) is 6.78. The van der Waals surface area contributed by atoms with Crippen LogP contribution in [0.2, 0.25) is 0 Å². The lowest BCUT2D eigenvalue weighted by atomic mass is 10.3. The predicted molar refractivity (Wildman–Crippen MR) is 69.5 cm³/mol. The highest BCUT2D eigenvalue weighted by molar-refractivity contribution is 7.72. The van der Waals surface area contributed by atoms with Gasteiger partial charge in [-0.3, -0.25) is 18.4 Å². The van der Waals surface area contributed by atoms with E-state index in [0.29, 0.717) is 0 Å². The zero-order valence-electron chi connectivity index (χ0n) is 10.7. The van der Waals surface area contributed by atoms with Crippen LogP contribution in [0.25, 0.3) is 0 Å². The van der Waals surface area contributed by atoms with Gasteiger partial charge >= 0.3 is 7.60 Å². The van der Waals surface area contributed by atoms with Crippen molar-refractivity contribution >= 4 is 13.1 Å². The second-order valence-electron chi connectivity index (χ2n) is 5.06. The molecule has 0 N–H and O–H groups in total. The van der Waals surface area contributed by atoms with Gasteiger partial charge in [0.15, 0.2) is 0 Å². The van der Waals surface area contributed by atoms with Crippen LogP contribution in [0, 0.1) is 0 Å². The van der Waals surface area contributed by atoms with Gasteiger partial charge in [-0.15, -0.1) is 0 Å². The second-order valence-corrected chi connectivity index (χ2v) is 6.92. The van der Waals surface area contributed by atoms with Crippen molar-refractivity contribution in [3.63, 3.8) is 0 Å². The molecule has 0 aromatic rings. The van der Waals surface area contributed by atoms with Gasteiger partial charge in [-0.1, -0.05) is 32.3 Å². The number of hydrogen-bond donors (Lipinski definition) is 0. The first-order valence-corrected chi connectivity index (χ1v) is 8.32. The summed E-state index contributed by atoms with van der Waals surface area (Å²) in [7, 11) is -3.67. The summed E-state index contributed by atoms with van der Waals surface area (Å²) in [5.74, 6) is 0. The molecular formula is C13H21O4P. The highest BCUT2D eigenvalue weighted by Gasteiger charge is 2.39. The summed E-state index contributed by atoms with van der Waals surface area (Å²) < 4.78 is 23.6. The lowest BCUT2D eigenvalue weighted by Crippen LogP contribution is -2.16. The minimum Gasteiger partial charge on any atom is -0.300 e. The Morgan fingerprint density at radius 3 is 1.72 bits per heavy atom. The largest absolute Gasteiger partial charge is 0.401 e. The molecule has 0 unspecified atom stereocenters. The average molecular weight is 272 g/mol. The summed E-state index contributed by atoms with van der Waals surface area (Å²) in [5, 5.41) is 0. The van der Waals surface area contributed by atoms with Crippen molar-refractivity contribution in [1.29, 1.82) is 0 Å². The molecule has 5 heteroatoms. The van der Waals surface area contributed by atoms with Crippen LogP contribution in [-0.2, 0) is 18.4 Å². The average Bonchev–Trinajstić information content (AvgIpc) is 3.01. The molecule has 4 nitrogen and oxygen atoms in total. The molecule has 102 valence electrons. The molecule has 2 saturated carbocycles. The molecule has 0 aliphatic heterocycles. The van der Waals surface area contributed by atoms with Crippen molar-refractivity contribution in [3.8, 4) is 0 Å². The minimum absolute atomic E-state index is 0.0962. The van der Waals surface area contributed by atoms with Gasteiger partial charge in [0.2, 0.25) is 0 Å². The van der Waals surface area contributed by atoms with E-state index in [0.717, 1.165) is 57.4 Å². The molecule has 0 amide bonds. The molecule has 0 spiro atoms. The van der Waals surface area contributed by atoms with Crippen LogP contribution in [0.1, 0.15) is 51.4 Å². The molecule has 0 atom stereocenters. The molecule has 2 rings (SSSR count). The summed E-state index contributed by atoms with van der Waals surface area (Å²) in [6, 6.07) is 0. The van der Waals surface area contributed by atoms with E-state index < -0.39 is 13.1 Å². The van der Waals surface area contributed by atoms with Crippen molar-refractivity contribution in [3.05, 3.63) is 12.7 Å². The molecule has 0 heterocycles. The summed E-state index contributed by atoms with van der Waals surface area (Å²) in [4.78, 5) is 11.8. The van der Waals surface area contributed by atoms with Crippen molar-refractivity contribution in [1.82, 2.24) is 0 Å². The fourth-order valence-electron chi connectivity index (χ4n) is 2.62. The van der Waals surface area contributed by atoms with E-state index in [2.05, 4.69) is 6.58 Å². The van der Waals surface area contributed by atoms with E-state index in [1.54, 1.807) is 0 Å². The Morgan fingerprint density at radius 2 is 1.39 bits per heavy atom. The molecule has 0 radical (unpaired) electrons. The van der Waals surface area contributed by atoms with Crippen LogP contribution < -0.4 is 0 Å². The number of hydrogen-bond acceptors (Lipinski definition) is 4. The number of carbonyl (C=O) groups excluding carboxylic acids is 1. The van der Waals surface area contributed by atoms with Crippen molar-refractivity contribution in [2.75, 3.05) is 0 Å². The maximum atomic E-state index is 12.6. The van der Waals surface area contributed by atoms with Gasteiger partial charge in [-0.05, 0) is 31.8 Å². The Balaban J connectivity index is 2.03. The Bertz CT molecular complexity index is 332. The highest BCUT2D eigenvalue weighted by atomic mass is 31.2. The first-order chi connectivity index (χ1) is 8.64. The SMILES string of the molecule is C=CC(=O)P(=O)(OC1CCCC1)OC1CCCC1. The Labute approximate surface area is 108 Å². The maximum absolute atomic E-state index is 12.6. The van der Waals surface area contributed by atoms with Crippen LogP contribution >= 0.6 is 7.60 Å². The molecule has 18 heavy (non-hydrogen) atoms. The van der Waals surface area contributed by atoms with E-state index in [-0.39, 0.29) is 12.2 Å². The van der Waals surface area contributed by atoms with Crippen molar-refractivity contribution in [2.24, 2.45) is 0 Å². The summed E-state index contributed by atoms with van der Waals surface area (Å²) in [5.41, 5.74) is -0.596. The summed E-state index contributed by atoms with van der Waals surface area (Å²) >= 11 is 0. The van der Waals surface area contributed by atoms with Gasteiger partial charge in [-0.2, -0.15) is 0 Å². The normalized spacial score (nSPS) is 22.4. The van der Waals surface area contributed by atoms with E-state index in [9.17, 15) is 9.36 Å². The van der Waals surface area contributed by atoms with Crippen molar-refractivity contribution in [2.45, 2.75) is 63.6 Å². The third kappa shape index (κ3) is 3.31. The number of allylic oxidation sites excluding steroid dienone is 1. The van der Waals surface area contributed by atoms with Gasteiger partial charge in [0.05, 0.1) is 12.2 Å². The smallest absolute Gasteiger partial charge is 0.300 e. The second kappa shape index (κ2) is 6.14. The molecule has 2 aliphatic rings. The van der Waals surface area contributed by atoms with Gasteiger partial charge in [0, 0.05) is 0 Å². The third-order valence-electron chi connectivity index (χ3n) is 3.62. The van der Waals surface area contributed by atoms with Crippen LogP contribution in [0.5, 0.6) is 0 Å². The quantitative estimate of drug-likeness (QED) is 0.545. The van der Waals surface area contributed by atoms with Gasteiger partial charge < -0.3 is 0 Å². The van der Waals surface area contributed by atoms with Gasteiger partial charge in [0.1, 0.15) is 0 Å². The lowest BCUT2D eigenvalue weighted by molar-refractivity contribution is -0.110. The monoisotopic (exact) mass is 272 g/mol. The van der Waals surface area contributed by atoms with Crippen molar-refractivity contribution < 1.29 is 18.4 Å². The van der Waals surface area contributed by atoms with Crippen LogP contribution in [0.3, 0.4) is 0 Å². The fourth-order valence-corrected chi connectivity index (χ4v) is 4.31. The molecule has 0 saturated heterocycles. The van der Waals surface area contributed by atoms with E-state index in [1.165, 1.54) is 0 Å². The maximum Gasteiger partial charge on any atom is 0.401 e. The van der Waals surface area contributed by atoms with E-state index in [1.807, 2.05) is 0 Å². The third-order valence-corrected chi connectivity index (χ3v) is 5.50. The molecule has 2 aliphatic carbocycles. The fraction of sp³-hybridized carbons (Fsp3) is 0.769. The Kier molecular flexibility index (Phi) is 4.77. The first kappa shape index (κ1) is 14.0. The predicted octanol–water partition coefficient (Wildman–Crippen LogP) is 3.81. The summed E-state index contributed by atoms with van der Waals surface area (Å²) in [6.07, 6.45) is 8.59. The Morgan fingerprint density at radius 1 is 1.00 bits per heavy atom. The van der Waals surface area contributed by atoms with E-state index in [4.69, 9.17) is 9.05 Å². The molecule has 2 fully saturated rings. The van der Waals surface area contributed by atoms with Crippen LogP contribution in [-0.4, -0.2) is 17.7 Å². The molecule has 0 aromatic heterocycles. The van der Waals surface area contributed by atoms with Crippen LogP contribution in [0.15, 0.2) is 12.7 Å². The minimum atomic E-state index is -3.67. The standard InChI is InChI=1S/C13H21O4P/c1-2-13(14)18(15,16-11-7-3-4-8-11)17-12-9-5-6-10-12/h2,11-12H,1,3-10H2. The zero-order valence-corrected chi connectivity index (χ0v) is 11.6. The molecule has 0 bridgehead atoms. The number of rotatable bonds is 6. The van der Waals surface area contributed by atoms with Crippen LogP contribution in [0.4, 0.5) is 0 Å². The Hall–Kier alpha value is -0.440. The van der Waals surface area contributed by atoms with E-state index >= 15 is 0 Å². The molecular weight excluding hydrogens is 251 g/mol. The number of carbonyl (C=O) groups is 1. The zero-order chi connectivity index (χ0) is 13.0. The van der Waals surface area contributed by atoms with Gasteiger partial charge in [0.25, 0.3) is 5.52 Å². The summed E-state index contributed by atoms with van der Waals surface area (Å²) in [6.45, 7) is 3.39. The molecule has 0 aromatic carbocycles. The highest BCUT2D eigenvalue weighted by Crippen LogP contribution is 2.54.